The van der Waals surface area contributed by atoms with Crippen LogP contribution >= 0.6 is 11.3 Å². The minimum atomic E-state index is -3.90. The second-order valence-electron chi connectivity index (χ2n) is 6.49. The van der Waals surface area contributed by atoms with Gasteiger partial charge < -0.3 is 14.6 Å². The normalized spacial score (nSPS) is 11.5. The summed E-state index contributed by atoms with van der Waals surface area (Å²) in [7, 11) is -0.536. The number of rotatable bonds is 6. The lowest BCUT2D eigenvalue weighted by Crippen LogP contribution is -2.25. The molecule has 2 heterocycles. The first kappa shape index (κ1) is 19.9. The van der Waals surface area contributed by atoms with Crippen molar-refractivity contribution in [3.05, 3.63) is 47.0 Å². The predicted octanol–water partition coefficient (Wildman–Crippen LogP) is 2.60. The average Bonchev–Trinajstić information content (AvgIpc) is 3.18. The lowest BCUT2D eigenvalue weighted by atomic mass is 10.2. The van der Waals surface area contributed by atoms with E-state index < -0.39 is 16.0 Å². The molecular weight excluding hydrogens is 402 g/mol. The van der Waals surface area contributed by atoms with Gasteiger partial charge in [0.05, 0.1) is 0 Å². The largest absolute Gasteiger partial charge is 0.477 e. The molecule has 3 aromatic rings. The SMILES string of the molecule is Cc1cc(S(=O)(=O)Nc2ccc3c(ccn3CC(=O)N(C)C)c2)sc1C(=O)O. The number of benzene rings is 1. The smallest absolute Gasteiger partial charge is 0.346 e. The highest BCUT2D eigenvalue weighted by molar-refractivity contribution is 7.94. The molecule has 0 atom stereocenters. The van der Waals surface area contributed by atoms with Gasteiger partial charge in [-0.2, -0.15) is 0 Å². The van der Waals surface area contributed by atoms with E-state index in [2.05, 4.69) is 4.72 Å². The van der Waals surface area contributed by atoms with Gasteiger partial charge in [0, 0.05) is 36.9 Å². The molecule has 1 amide bonds. The molecule has 0 aliphatic carbocycles. The molecular formula is C18H19N3O5S2. The number of carboxylic acid groups (broad SMARTS) is 1. The van der Waals surface area contributed by atoms with E-state index in [-0.39, 0.29) is 21.5 Å². The highest BCUT2D eigenvalue weighted by Gasteiger charge is 2.22. The Hall–Kier alpha value is -2.85. The second kappa shape index (κ2) is 7.28. The van der Waals surface area contributed by atoms with Crippen LogP contribution in [0.1, 0.15) is 15.2 Å². The Morgan fingerprint density at radius 1 is 1.21 bits per heavy atom. The van der Waals surface area contributed by atoms with Crippen molar-refractivity contribution in [1.29, 1.82) is 0 Å². The number of aromatic carboxylic acids is 1. The summed E-state index contributed by atoms with van der Waals surface area (Å²) in [4.78, 5) is 24.6. The molecule has 1 aromatic carbocycles. The summed E-state index contributed by atoms with van der Waals surface area (Å²) < 4.78 is 29.4. The van der Waals surface area contributed by atoms with Crippen molar-refractivity contribution in [2.24, 2.45) is 0 Å². The summed E-state index contributed by atoms with van der Waals surface area (Å²) in [6.07, 6.45) is 1.77. The quantitative estimate of drug-likeness (QED) is 0.636. The average molecular weight is 422 g/mol. The summed E-state index contributed by atoms with van der Waals surface area (Å²) in [5, 5.41) is 9.90. The Morgan fingerprint density at radius 3 is 2.54 bits per heavy atom. The van der Waals surface area contributed by atoms with E-state index in [1.807, 2.05) is 0 Å². The fourth-order valence-electron chi connectivity index (χ4n) is 2.69. The van der Waals surface area contributed by atoms with Crippen LogP contribution in [0.3, 0.4) is 0 Å². The number of sulfonamides is 1. The third-order valence-corrected chi connectivity index (χ3v) is 7.26. The zero-order chi connectivity index (χ0) is 20.6. The lowest BCUT2D eigenvalue weighted by Gasteiger charge is -2.12. The number of nitrogens with zero attached hydrogens (tertiary/aromatic N) is 2. The molecule has 10 heteroatoms. The van der Waals surface area contributed by atoms with Gasteiger partial charge in [-0.05, 0) is 42.8 Å². The van der Waals surface area contributed by atoms with Gasteiger partial charge in [-0.25, -0.2) is 13.2 Å². The monoisotopic (exact) mass is 421 g/mol. The topological polar surface area (TPSA) is 109 Å². The summed E-state index contributed by atoms with van der Waals surface area (Å²) >= 11 is 0.715. The van der Waals surface area contributed by atoms with Gasteiger partial charge in [0.1, 0.15) is 15.6 Å². The Bertz CT molecular complexity index is 1180. The van der Waals surface area contributed by atoms with Gasteiger partial charge in [-0.1, -0.05) is 0 Å². The number of nitrogens with one attached hydrogen (secondary N) is 1. The van der Waals surface area contributed by atoms with Crippen molar-refractivity contribution in [2.45, 2.75) is 17.7 Å². The fraction of sp³-hybridized carbons (Fsp3) is 0.222. The number of amides is 1. The number of aryl methyl sites for hydroxylation is 1. The van der Waals surface area contributed by atoms with E-state index >= 15 is 0 Å². The first-order chi connectivity index (χ1) is 13.1. The zero-order valence-electron chi connectivity index (χ0n) is 15.5. The third kappa shape index (κ3) is 3.87. The molecule has 0 spiro atoms. The molecule has 2 N–H and O–H groups in total. The minimum absolute atomic E-state index is 0.00142. The number of carboxylic acids is 1. The van der Waals surface area contributed by atoms with E-state index in [9.17, 15) is 18.0 Å². The van der Waals surface area contributed by atoms with Crippen LogP contribution in [0.2, 0.25) is 0 Å². The van der Waals surface area contributed by atoms with Gasteiger partial charge >= 0.3 is 5.97 Å². The van der Waals surface area contributed by atoms with Crippen LogP contribution in [-0.4, -0.2) is 49.0 Å². The van der Waals surface area contributed by atoms with Crippen LogP contribution < -0.4 is 4.72 Å². The number of carbonyl (C=O) groups is 2. The van der Waals surface area contributed by atoms with Gasteiger partial charge in [0.15, 0.2) is 0 Å². The van der Waals surface area contributed by atoms with E-state index in [1.54, 1.807) is 56.0 Å². The minimum Gasteiger partial charge on any atom is -0.477 e. The molecule has 0 unspecified atom stereocenters. The van der Waals surface area contributed by atoms with Crippen molar-refractivity contribution in [3.8, 4) is 0 Å². The summed E-state index contributed by atoms with van der Waals surface area (Å²) in [6, 6.07) is 8.15. The van der Waals surface area contributed by atoms with Gasteiger partial charge in [-0.3, -0.25) is 9.52 Å². The summed E-state index contributed by atoms with van der Waals surface area (Å²) in [6.45, 7) is 1.75. The molecule has 28 heavy (non-hydrogen) atoms. The van der Waals surface area contributed by atoms with Crippen LogP contribution in [0.4, 0.5) is 5.69 Å². The summed E-state index contributed by atoms with van der Waals surface area (Å²) in [5.74, 6) is -1.21. The fourth-order valence-corrected chi connectivity index (χ4v) is 5.12. The number of aromatic nitrogens is 1. The number of carbonyl (C=O) groups excluding carboxylic acids is 1. The Balaban J connectivity index is 1.87. The van der Waals surface area contributed by atoms with Gasteiger partial charge in [0.25, 0.3) is 10.0 Å². The highest BCUT2D eigenvalue weighted by atomic mass is 32.2. The van der Waals surface area contributed by atoms with Crippen LogP contribution in [0.15, 0.2) is 40.7 Å². The second-order valence-corrected chi connectivity index (χ2v) is 9.46. The Labute approximate surface area is 166 Å². The van der Waals surface area contributed by atoms with Gasteiger partial charge in [-0.15, -0.1) is 11.3 Å². The number of anilines is 1. The molecule has 0 aliphatic heterocycles. The van der Waals surface area contributed by atoms with Gasteiger partial charge in [0.2, 0.25) is 5.91 Å². The number of likely N-dealkylation sites (N-methyl/N-ethyl adjacent to an activating group) is 1. The number of hydrogen-bond donors (Lipinski definition) is 2. The Morgan fingerprint density at radius 2 is 1.93 bits per heavy atom. The summed E-state index contributed by atoms with van der Waals surface area (Å²) in [5.41, 5.74) is 1.56. The maximum Gasteiger partial charge on any atom is 0.346 e. The molecule has 0 radical (unpaired) electrons. The van der Waals surface area contributed by atoms with Crippen molar-refractivity contribution in [2.75, 3.05) is 18.8 Å². The molecule has 0 aliphatic rings. The number of hydrogen-bond acceptors (Lipinski definition) is 5. The molecule has 3 rings (SSSR count). The number of thiophene rings is 1. The van der Waals surface area contributed by atoms with Crippen molar-refractivity contribution < 1.29 is 23.1 Å². The first-order valence-electron chi connectivity index (χ1n) is 8.24. The van der Waals surface area contributed by atoms with Crippen molar-refractivity contribution in [1.82, 2.24) is 9.47 Å². The van der Waals surface area contributed by atoms with Crippen LogP contribution in [0.5, 0.6) is 0 Å². The maximum absolute atomic E-state index is 12.6. The van der Waals surface area contributed by atoms with Crippen molar-refractivity contribution in [3.63, 3.8) is 0 Å². The molecule has 8 nitrogen and oxygen atoms in total. The van der Waals surface area contributed by atoms with Crippen LogP contribution in [0, 0.1) is 6.92 Å². The van der Waals surface area contributed by atoms with E-state index in [0.29, 0.717) is 22.6 Å². The van der Waals surface area contributed by atoms with Crippen LogP contribution in [0.25, 0.3) is 10.9 Å². The molecule has 2 aromatic heterocycles. The molecule has 0 saturated carbocycles. The highest BCUT2D eigenvalue weighted by Crippen LogP contribution is 2.29. The van der Waals surface area contributed by atoms with Crippen LogP contribution in [-0.2, 0) is 21.4 Å². The third-order valence-electron chi connectivity index (χ3n) is 4.18. The van der Waals surface area contributed by atoms with E-state index in [0.717, 1.165) is 10.9 Å². The Kier molecular flexibility index (Phi) is 5.18. The molecule has 0 bridgehead atoms. The maximum atomic E-state index is 12.6. The molecule has 0 saturated heterocycles. The van der Waals surface area contributed by atoms with Crippen molar-refractivity contribution >= 4 is 49.8 Å². The van der Waals surface area contributed by atoms with E-state index in [4.69, 9.17) is 5.11 Å². The lowest BCUT2D eigenvalue weighted by molar-refractivity contribution is -0.129. The number of fused-ring (bicyclic) bond motifs is 1. The van der Waals surface area contributed by atoms with E-state index in [1.165, 1.54) is 11.0 Å². The predicted molar refractivity (Wildman–Crippen MR) is 107 cm³/mol. The standard InChI is InChI=1S/C18H19N3O5S2/c1-11-8-16(27-17(11)18(23)24)28(25,26)19-13-4-5-14-12(9-13)6-7-21(14)10-15(22)20(2)3/h4-9,19H,10H2,1-3H3,(H,23,24). The molecule has 0 fully saturated rings. The first-order valence-corrected chi connectivity index (χ1v) is 10.5. The molecule has 148 valence electrons. The zero-order valence-corrected chi connectivity index (χ0v) is 17.1.